The van der Waals surface area contributed by atoms with Crippen LogP contribution in [-0.2, 0) is 22.6 Å². The van der Waals surface area contributed by atoms with Crippen LogP contribution in [-0.4, -0.2) is 83.8 Å². The highest BCUT2D eigenvalue weighted by molar-refractivity contribution is 5.78. The Labute approximate surface area is 201 Å². The minimum atomic E-state index is -0.227. The van der Waals surface area contributed by atoms with E-state index in [2.05, 4.69) is 33.9 Å². The van der Waals surface area contributed by atoms with E-state index in [1.807, 2.05) is 19.0 Å². The van der Waals surface area contributed by atoms with Gasteiger partial charge < -0.3 is 29.2 Å². The van der Waals surface area contributed by atoms with E-state index in [1.165, 1.54) is 0 Å². The monoisotopic (exact) mass is 472 g/mol. The van der Waals surface area contributed by atoms with Gasteiger partial charge in [0.25, 0.3) is 5.91 Å². The second-order valence-corrected chi connectivity index (χ2v) is 9.21. The lowest BCUT2D eigenvalue weighted by atomic mass is 10.0. The van der Waals surface area contributed by atoms with Gasteiger partial charge in [0.05, 0.1) is 19.7 Å². The van der Waals surface area contributed by atoms with Gasteiger partial charge >= 0.3 is 0 Å². The van der Waals surface area contributed by atoms with Gasteiger partial charge in [-0.25, -0.2) is 0 Å². The molecule has 0 fully saturated rings. The summed E-state index contributed by atoms with van der Waals surface area (Å²) in [4.78, 5) is 28.9. The van der Waals surface area contributed by atoms with Crippen LogP contribution in [0.3, 0.4) is 0 Å². The second-order valence-electron chi connectivity index (χ2n) is 9.21. The summed E-state index contributed by atoms with van der Waals surface area (Å²) in [5, 5.41) is 11.9. The Kier molecular flexibility index (Phi) is 8.86. The number of methoxy groups -OCH3 is 1. The van der Waals surface area contributed by atoms with Crippen LogP contribution < -0.4 is 14.8 Å². The van der Waals surface area contributed by atoms with Crippen LogP contribution >= 0.6 is 0 Å². The summed E-state index contributed by atoms with van der Waals surface area (Å²) in [6, 6.07) is 6.92. The Morgan fingerprint density at radius 1 is 1.09 bits per heavy atom. The largest absolute Gasteiger partial charge is 0.497 e. The molecule has 0 saturated carbocycles. The smallest absolute Gasteiger partial charge is 0.260 e. The van der Waals surface area contributed by atoms with Crippen LogP contribution in [0.2, 0.25) is 0 Å². The van der Waals surface area contributed by atoms with E-state index in [4.69, 9.17) is 9.47 Å². The fourth-order valence-corrected chi connectivity index (χ4v) is 3.99. The first-order valence-electron chi connectivity index (χ1n) is 11.7. The number of ether oxygens (including phenoxy) is 2. The number of carbonyl (C=O) groups excluding carboxylic acids is 2. The first-order valence-corrected chi connectivity index (χ1v) is 11.7. The number of benzene rings is 1. The molecule has 0 aliphatic carbocycles. The zero-order chi connectivity index (χ0) is 24.7. The Hall–Kier alpha value is -3.14. The number of fused-ring (bicyclic) bond motifs is 1. The van der Waals surface area contributed by atoms with Gasteiger partial charge in [0.2, 0.25) is 5.91 Å². The highest BCUT2D eigenvalue weighted by Gasteiger charge is 2.27. The van der Waals surface area contributed by atoms with Crippen LogP contribution in [0.1, 0.15) is 38.0 Å². The van der Waals surface area contributed by atoms with Crippen LogP contribution in [0.15, 0.2) is 24.3 Å². The maximum atomic E-state index is 12.8. The zero-order valence-corrected chi connectivity index (χ0v) is 20.8. The SMILES string of the molecule is COc1ccc(OCC(=O)N2CCc3nnc(C(CC(C)C)NC(=O)CN(C)C)n3CC2)cc1. The van der Waals surface area contributed by atoms with Gasteiger partial charge in [-0.05, 0) is 50.7 Å². The fraction of sp³-hybridized carbons (Fsp3) is 0.583. The van der Waals surface area contributed by atoms with E-state index < -0.39 is 0 Å². The number of hydrogen-bond donors (Lipinski definition) is 1. The molecule has 10 heteroatoms. The molecule has 1 aliphatic rings. The standard InChI is InChI=1S/C24H36N6O4/c1-17(2)14-20(25-22(31)15-28(3)4)24-27-26-21-10-11-29(12-13-30(21)24)23(32)16-34-19-8-6-18(33-5)7-9-19/h6-9,17,20H,10-16H2,1-5H3,(H,25,31). The van der Waals surface area contributed by atoms with E-state index in [-0.39, 0.29) is 24.5 Å². The summed E-state index contributed by atoms with van der Waals surface area (Å²) in [5.41, 5.74) is 0. The maximum Gasteiger partial charge on any atom is 0.260 e. The molecule has 0 spiro atoms. The molecular weight excluding hydrogens is 436 g/mol. The van der Waals surface area contributed by atoms with E-state index in [9.17, 15) is 9.59 Å². The van der Waals surface area contributed by atoms with Crippen molar-refractivity contribution in [2.75, 3.05) is 47.4 Å². The highest BCUT2D eigenvalue weighted by Crippen LogP contribution is 2.22. The molecule has 186 valence electrons. The third kappa shape index (κ3) is 6.93. The lowest BCUT2D eigenvalue weighted by Gasteiger charge is -2.23. The molecular formula is C24H36N6O4. The molecule has 0 radical (unpaired) electrons. The number of hydrogen-bond acceptors (Lipinski definition) is 7. The topological polar surface area (TPSA) is 102 Å². The minimum absolute atomic E-state index is 0.0314. The van der Waals surface area contributed by atoms with Gasteiger partial charge in [-0.3, -0.25) is 9.59 Å². The molecule has 3 rings (SSSR count). The predicted octanol–water partition coefficient (Wildman–Crippen LogP) is 1.52. The molecule has 1 N–H and O–H groups in total. The van der Waals surface area contributed by atoms with Crippen LogP contribution in [0.4, 0.5) is 0 Å². The third-order valence-corrected chi connectivity index (χ3v) is 5.64. The Balaban J connectivity index is 1.63. The van der Waals surface area contributed by atoms with Crippen molar-refractivity contribution in [3.05, 3.63) is 35.9 Å². The highest BCUT2D eigenvalue weighted by atomic mass is 16.5. The molecule has 10 nitrogen and oxygen atoms in total. The molecule has 34 heavy (non-hydrogen) atoms. The van der Waals surface area contributed by atoms with E-state index >= 15 is 0 Å². The molecule has 2 aromatic rings. The van der Waals surface area contributed by atoms with Crippen molar-refractivity contribution in [1.29, 1.82) is 0 Å². The van der Waals surface area contributed by atoms with Crippen LogP contribution in [0.25, 0.3) is 0 Å². The maximum absolute atomic E-state index is 12.8. The van der Waals surface area contributed by atoms with Gasteiger partial charge in [-0.1, -0.05) is 13.8 Å². The normalized spacial score (nSPS) is 14.5. The van der Waals surface area contributed by atoms with Crippen molar-refractivity contribution in [3.63, 3.8) is 0 Å². The number of rotatable bonds is 10. The quantitative estimate of drug-likeness (QED) is 0.559. The molecule has 1 aromatic carbocycles. The average Bonchev–Trinajstić information content (AvgIpc) is 3.07. The van der Waals surface area contributed by atoms with E-state index in [1.54, 1.807) is 36.3 Å². The number of likely N-dealkylation sites (N-methyl/N-ethyl adjacent to an activating group) is 1. The zero-order valence-electron chi connectivity index (χ0n) is 20.8. The number of carbonyl (C=O) groups is 2. The minimum Gasteiger partial charge on any atom is -0.497 e. The number of aromatic nitrogens is 3. The molecule has 2 amide bonds. The Morgan fingerprint density at radius 3 is 2.44 bits per heavy atom. The summed E-state index contributed by atoms with van der Waals surface area (Å²) in [5.74, 6) is 3.18. The van der Waals surface area contributed by atoms with Gasteiger partial charge in [0.1, 0.15) is 17.3 Å². The molecule has 1 aromatic heterocycles. The predicted molar refractivity (Wildman–Crippen MR) is 128 cm³/mol. The van der Waals surface area contributed by atoms with Crippen molar-refractivity contribution < 1.29 is 19.1 Å². The average molecular weight is 473 g/mol. The third-order valence-electron chi connectivity index (χ3n) is 5.64. The summed E-state index contributed by atoms with van der Waals surface area (Å²) in [7, 11) is 5.33. The van der Waals surface area contributed by atoms with Crippen molar-refractivity contribution in [1.82, 2.24) is 29.9 Å². The first kappa shape index (κ1) is 25.5. The van der Waals surface area contributed by atoms with E-state index in [0.717, 1.165) is 23.8 Å². The molecule has 0 saturated heterocycles. The Morgan fingerprint density at radius 2 is 1.79 bits per heavy atom. The number of nitrogens with zero attached hydrogens (tertiary/aromatic N) is 5. The van der Waals surface area contributed by atoms with Crippen molar-refractivity contribution >= 4 is 11.8 Å². The van der Waals surface area contributed by atoms with Gasteiger partial charge in [0.15, 0.2) is 12.4 Å². The van der Waals surface area contributed by atoms with Crippen molar-refractivity contribution in [3.8, 4) is 11.5 Å². The van der Waals surface area contributed by atoms with Crippen LogP contribution in [0.5, 0.6) is 11.5 Å². The molecule has 1 unspecified atom stereocenters. The van der Waals surface area contributed by atoms with Crippen LogP contribution in [0, 0.1) is 5.92 Å². The first-order chi connectivity index (χ1) is 16.3. The second kappa shape index (κ2) is 11.8. The Bertz CT molecular complexity index is 957. The lowest BCUT2D eigenvalue weighted by molar-refractivity contribution is -0.133. The number of amides is 2. The van der Waals surface area contributed by atoms with Gasteiger partial charge in [-0.15, -0.1) is 10.2 Å². The summed E-state index contributed by atoms with van der Waals surface area (Å²) in [6.45, 7) is 6.17. The summed E-state index contributed by atoms with van der Waals surface area (Å²) < 4.78 is 12.9. The molecule has 2 heterocycles. The fourth-order valence-electron chi connectivity index (χ4n) is 3.99. The van der Waals surface area contributed by atoms with Gasteiger partial charge in [0, 0.05) is 26.1 Å². The summed E-state index contributed by atoms with van der Waals surface area (Å²) >= 11 is 0. The van der Waals surface area contributed by atoms with Crippen molar-refractivity contribution in [2.24, 2.45) is 5.92 Å². The van der Waals surface area contributed by atoms with Crippen molar-refractivity contribution in [2.45, 2.75) is 39.3 Å². The molecule has 1 aliphatic heterocycles. The summed E-state index contributed by atoms with van der Waals surface area (Å²) in [6.07, 6.45) is 1.36. The molecule has 0 bridgehead atoms. The molecule has 1 atom stereocenters. The van der Waals surface area contributed by atoms with E-state index in [0.29, 0.717) is 44.3 Å². The van der Waals surface area contributed by atoms with Gasteiger partial charge in [-0.2, -0.15) is 0 Å². The lowest BCUT2D eigenvalue weighted by Crippen LogP contribution is -2.38. The number of nitrogens with one attached hydrogen (secondary N) is 1.